The molecular weight excluding hydrogens is 390 g/mol. The van der Waals surface area contributed by atoms with E-state index in [0.29, 0.717) is 0 Å². The average Bonchev–Trinajstić information content (AvgIpc) is 2.47. The molecule has 0 fully saturated rings. The predicted octanol–water partition coefficient (Wildman–Crippen LogP) is 1.84. The third-order valence-electron chi connectivity index (χ3n) is 3.46. The minimum absolute atomic E-state index is 0.228. The molecule has 0 atom stereocenters. The Morgan fingerprint density at radius 3 is 2.29 bits per heavy atom. The van der Waals surface area contributed by atoms with Crippen LogP contribution in [0.5, 0.6) is 0 Å². The van der Waals surface area contributed by atoms with Crippen molar-refractivity contribution < 1.29 is 0 Å². The monoisotopic (exact) mass is 408 g/mol. The summed E-state index contributed by atoms with van der Waals surface area (Å²) >= 11 is 0.544. The summed E-state index contributed by atoms with van der Waals surface area (Å²) in [4.78, 5) is 12.6. The molecule has 0 saturated carbocycles. The average molecular weight is 406 g/mol. The molecule has 2 aromatic carbocycles. The molecule has 0 saturated heterocycles. The van der Waals surface area contributed by atoms with Crippen molar-refractivity contribution in [2.24, 2.45) is 0 Å². The van der Waals surface area contributed by atoms with Crippen LogP contribution in [0.1, 0.15) is 16.7 Å². The van der Waals surface area contributed by atoms with E-state index < -0.39 is 0 Å². The fraction of sp³-hybridized carbons (Fsp3) is 0.167. The summed E-state index contributed by atoms with van der Waals surface area (Å²) < 4.78 is 3.97. The first-order chi connectivity index (χ1) is 10.0. The third kappa shape index (κ3) is 3.07. The van der Waals surface area contributed by atoms with Gasteiger partial charge in [0, 0.05) is 0 Å². The molecule has 3 heteroatoms. The summed E-state index contributed by atoms with van der Waals surface area (Å²) in [6, 6.07) is 15.0. The molecule has 0 spiro atoms. The Morgan fingerprint density at radius 1 is 0.905 bits per heavy atom. The first-order valence-electron chi connectivity index (χ1n) is 6.83. The maximum atomic E-state index is 12.6. The topological polar surface area (TPSA) is 17.1 Å². The first kappa shape index (κ1) is 14.8. The van der Waals surface area contributed by atoms with Crippen LogP contribution in [-0.4, -0.2) is 29.5 Å². The van der Waals surface area contributed by atoms with Gasteiger partial charge in [-0.25, -0.2) is 0 Å². The summed E-state index contributed by atoms with van der Waals surface area (Å²) in [6.07, 6.45) is 0. The summed E-state index contributed by atoms with van der Waals surface area (Å²) in [7, 11) is 0. The van der Waals surface area contributed by atoms with Crippen molar-refractivity contribution in [3.8, 4) is 0 Å². The second-order valence-corrected chi connectivity index (χ2v) is 11.0. The van der Waals surface area contributed by atoms with E-state index in [0.717, 1.165) is 16.5 Å². The second-order valence-electron chi connectivity index (χ2n) is 5.26. The molecule has 0 N–H and O–H groups in total. The van der Waals surface area contributed by atoms with Gasteiger partial charge in [-0.3, -0.25) is 0 Å². The van der Waals surface area contributed by atoms with Crippen molar-refractivity contribution in [3.05, 3.63) is 69.4 Å². The van der Waals surface area contributed by atoms with Crippen molar-refractivity contribution in [3.63, 3.8) is 0 Å². The van der Waals surface area contributed by atoms with Crippen molar-refractivity contribution in [2.45, 2.75) is 20.8 Å². The molecule has 0 aliphatic heterocycles. The molecule has 0 aliphatic rings. The predicted molar refractivity (Wildman–Crippen MR) is 92.8 cm³/mol. The van der Waals surface area contributed by atoms with Crippen LogP contribution in [0, 0.1) is 20.8 Å². The van der Waals surface area contributed by atoms with Crippen molar-refractivity contribution in [1.82, 2.24) is 0 Å². The Bertz CT molecular complexity index is 861. The van der Waals surface area contributed by atoms with Gasteiger partial charge >= 0.3 is 137 Å². The Balaban J connectivity index is 2.11. The molecule has 1 nitrogen and oxygen atoms in total. The number of hydrogen-bond donors (Lipinski definition) is 0. The van der Waals surface area contributed by atoms with E-state index in [4.69, 9.17) is 0 Å². The van der Waals surface area contributed by atoms with Crippen molar-refractivity contribution in [2.75, 3.05) is 0 Å². The molecule has 1 aromatic heterocycles. The molecule has 0 bridgehead atoms. The van der Waals surface area contributed by atoms with Gasteiger partial charge in [0.05, 0.1) is 0 Å². The van der Waals surface area contributed by atoms with Gasteiger partial charge in [0.2, 0.25) is 0 Å². The Kier molecular flexibility index (Phi) is 4.19. The van der Waals surface area contributed by atoms with Gasteiger partial charge in [-0.15, -0.1) is 0 Å². The van der Waals surface area contributed by atoms with Gasteiger partial charge in [0.25, 0.3) is 0 Å². The minimum atomic E-state index is 0.228. The van der Waals surface area contributed by atoms with E-state index in [2.05, 4.69) is 43.3 Å². The van der Waals surface area contributed by atoms with Crippen molar-refractivity contribution in [1.29, 1.82) is 0 Å². The van der Waals surface area contributed by atoms with Crippen LogP contribution in [0.4, 0.5) is 0 Å². The summed E-state index contributed by atoms with van der Waals surface area (Å²) in [6.45, 7) is 6.15. The fourth-order valence-electron chi connectivity index (χ4n) is 2.19. The van der Waals surface area contributed by atoms with Crippen molar-refractivity contribution >= 4 is 46.9 Å². The zero-order valence-electron chi connectivity index (χ0n) is 12.3. The quantitative estimate of drug-likeness (QED) is 0.594. The molecule has 0 radical (unpaired) electrons. The van der Waals surface area contributed by atoms with E-state index in [9.17, 15) is 4.79 Å². The van der Waals surface area contributed by atoms with Crippen LogP contribution in [-0.2, 0) is 0 Å². The molecule has 0 unspecified atom stereocenters. The Labute approximate surface area is 136 Å². The summed E-state index contributed by atoms with van der Waals surface area (Å²) in [5.74, 6) is 0. The SMILES string of the molecule is Cc1ccc([Se]c2[se]c3ccc(C)cc3c(=O)c2C)cc1. The third-order valence-corrected chi connectivity index (χ3v) is 9.61. The van der Waals surface area contributed by atoms with E-state index in [1.807, 2.05) is 19.9 Å². The fourth-order valence-corrected chi connectivity index (χ4v) is 8.07. The van der Waals surface area contributed by atoms with Gasteiger partial charge < -0.3 is 0 Å². The second kappa shape index (κ2) is 5.94. The molecule has 21 heavy (non-hydrogen) atoms. The zero-order valence-corrected chi connectivity index (χ0v) is 15.7. The van der Waals surface area contributed by atoms with Crippen LogP contribution >= 0.6 is 0 Å². The number of benzene rings is 2. The van der Waals surface area contributed by atoms with Crippen LogP contribution in [0.15, 0.2) is 47.3 Å². The van der Waals surface area contributed by atoms with Crippen LogP contribution < -0.4 is 13.2 Å². The van der Waals surface area contributed by atoms with E-state index >= 15 is 0 Å². The van der Waals surface area contributed by atoms with Crippen LogP contribution in [0.3, 0.4) is 0 Å². The van der Waals surface area contributed by atoms with E-state index in [1.165, 1.54) is 17.6 Å². The normalized spacial score (nSPS) is 11.0. The molecule has 3 aromatic rings. The molecule has 106 valence electrons. The molecule has 1 heterocycles. The van der Waals surface area contributed by atoms with Gasteiger partial charge in [-0.1, -0.05) is 0 Å². The van der Waals surface area contributed by atoms with Gasteiger partial charge in [0.15, 0.2) is 0 Å². The summed E-state index contributed by atoms with van der Waals surface area (Å²) in [5.41, 5.74) is 3.66. The number of aryl methyl sites for hydroxylation is 2. The van der Waals surface area contributed by atoms with Gasteiger partial charge in [0.1, 0.15) is 0 Å². The van der Waals surface area contributed by atoms with Gasteiger partial charge in [-0.05, 0) is 0 Å². The molecule has 3 rings (SSSR count). The standard InChI is InChI=1S/C18H16OSe2/c1-11-4-7-14(8-5-11)20-18-13(3)17(19)15-10-12(2)6-9-16(15)21-18/h4-10H,1-3H3. The first-order valence-corrected chi connectivity index (χ1v) is 10.3. The Hall–Kier alpha value is -1.11. The number of rotatable bonds is 2. The van der Waals surface area contributed by atoms with E-state index in [1.54, 1.807) is 0 Å². The van der Waals surface area contributed by atoms with Crippen LogP contribution in [0.25, 0.3) is 9.65 Å². The molecule has 0 amide bonds. The van der Waals surface area contributed by atoms with Gasteiger partial charge in [-0.2, -0.15) is 0 Å². The van der Waals surface area contributed by atoms with Crippen LogP contribution in [0.2, 0.25) is 0 Å². The number of fused-ring (bicyclic) bond motifs is 1. The summed E-state index contributed by atoms with van der Waals surface area (Å²) in [5, 5.41) is 0.927. The molecule has 0 aliphatic carbocycles. The molecular formula is C18H16OSe2. The zero-order chi connectivity index (χ0) is 15.0. The number of hydrogen-bond acceptors (Lipinski definition) is 1. The Morgan fingerprint density at radius 2 is 1.57 bits per heavy atom. The van der Waals surface area contributed by atoms with E-state index in [-0.39, 0.29) is 34.9 Å². The maximum absolute atomic E-state index is 12.6.